The third-order valence-corrected chi connectivity index (χ3v) is 3.02. The van der Waals surface area contributed by atoms with Gasteiger partial charge >= 0.3 is 0 Å². The number of carbonyl (C=O) groups is 1. The first kappa shape index (κ1) is 14.1. The number of nitrogens with zero attached hydrogens (tertiary/aromatic N) is 1. The second-order valence-corrected chi connectivity index (χ2v) is 4.55. The largest absolute Gasteiger partial charge is 0.466 e. The number of hydrogen-bond acceptors (Lipinski definition) is 3. The second kappa shape index (κ2) is 6.19. The molecule has 0 aliphatic heterocycles. The minimum atomic E-state index is -0.249. The Morgan fingerprint density at radius 3 is 2.50 bits per heavy atom. The summed E-state index contributed by atoms with van der Waals surface area (Å²) in [5.41, 5.74) is 4.97. The molecule has 4 heteroatoms. The summed E-state index contributed by atoms with van der Waals surface area (Å²) in [4.78, 5) is 12.1. The van der Waals surface area contributed by atoms with Gasteiger partial charge in [0.2, 0.25) is 0 Å². The van der Waals surface area contributed by atoms with Gasteiger partial charge in [-0.05, 0) is 31.9 Å². The van der Waals surface area contributed by atoms with E-state index in [-0.39, 0.29) is 5.91 Å². The molecule has 1 aromatic carbocycles. The van der Waals surface area contributed by atoms with Crippen molar-refractivity contribution in [2.75, 3.05) is 0 Å². The molecule has 20 heavy (non-hydrogen) atoms. The van der Waals surface area contributed by atoms with Crippen molar-refractivity contribution in [1.82, 2.24) is 5.43 Å². The van der Waals surface area contributed by atoms with E-state index < -0.39 is 0 Å². The third kappa shape index (κ3) is 3.15. The van der Waals surface area contributed by atoms with Crippen LogP contribution in [0.3, 0.4) is 0 Å². The lowest BCUT2D eigenvalue weighted by Gasteiger charge is -2.04. The maximum absolute atomic E-state index is 12.1. The van der Waals surface area contributed by atoms with Gasteiger partial charge in [-0.15, -0.1) is 0 Å². The summed E-state index contributed by atoms with van der Waals surface area (Å²) in [7, 11) is 0. The van der Waals surface area contributed by atoms with Crippen LogP contribution in [0.2, 0.25) is 0 Å². The van der Waals surface area contributed by atoms with Crippen LogP contribution in [0.4, 0.5) is 0 Å². The Balaban J connectivity index is 2.15. The lowest BCUT2D eigenvalue weighted by atomic mass is 10.1. The van der Waals surface area contributed by atoms with Crippen LogP contribution in [0.5, 0.6) is 0 Å². The van der Waals surface area contributed by atoms with E-state index in [0.717, 1.165) is 23.5 Å². The molecule has 1 N–H and O–H groups in total. The molecule has 0 radical (unpaired) electrons. The minimum Gasteiger partial charge on any atom is -0.466 e. The monoisotopic (exact) mass is 270 g/mol. The van der Waals surface area contributed by atoms with Crippen molar-refractivity contribution < 1.29 is 9.21 Å². The lowest BCUT2D eigenvalue weighted by molar-refractivity contribution is 0.0953. The van der Waals surface area contributed by atoms with Crippen LogP contribution in [-0.2, 0) is 0 Å². The fraction of sp³-hybridized carbons (Fsp3) is 0.250. The predicted molar refractivity (Wildman–Crippen MR) is 78.9 cm³/mol. The first-order valence-corrected chi connectivity index (χ1v) is 6.61. The van der Waals surface area contributed by atoms with Gasteiger partial charge in [0.25, 0.3) is 5.91 Å². The molecular weight excluding hydrogens is 252 g/mol. The Bertz CT molecular complexity index is 627. The van der Waals surface area contributed by atoms with Crippen LogP contribution in [0.15, 0.2) is 45.9 Å². The number of carbonyl (C=O) groups excluding carboxylic acids is 1. The standard InChI is InChI=1S/C16H18N2O2/c1-4-15(13-8-6-5-7-9-13)17-18-16(19)14-10-11(2)20-12(14)3/h5-10H,4H2,1-3H3,(H,18,19). The summed E-state index contributed by atoms with van der Waals surface area (Å²) in [5, 5.41) is 4.21. The Morgan fingerprint density at radius 2 is 1.95 bits per heavy atom. The lowest BCUT2D eigenvalue weighted by Crippen LogP contribution is -2.20. The number of nitrogens with one attached hydrogen (secondary N) is 1. The highest BCUT2D eigenvalue weighted by atomic mass is 16.3. The smallest absolute Gasteiger partial charge is 0.274 e. The van der Waals surface area contributed by atoms with Crippen molar-refractivity contribution in [2.45, 2.75) is 27.2 Å². The van der Waals surface area contributed by atoms with Gasteiger partial charge < -0.3 is 4.42 Å². The van der Waals surface area contributed by atoms with Crippen molar-refractivity contribution in [3.8, 4) is 0 Å². The van der Waals surface area contributed by atoms with Gasteiger partial charge in [-0.1, -0.05) is 37.3 Å². The van der Waals surface area contributed by atoms with Crippen molar-refractivity contribution in [1.29, 1.82) is 0 Å². The van der Waals surface area contributed by atoms with E-state index >= 15 is 0 Å². The topological polar surface area (TPSA) is 54.6 Å². The van der Waals surface area contributed by atoms with Gasteiger partial charge in [0, 0.05) is 0 Å². The molecule has 0 unspecified atom stereocenters. The number of benzene rings is 1. The Morgan fingerprint density at radius 1 is 1.25 bits per heavy atom. The molecular formula is C16H18N2O2. The van der Waals surface area contributed by atoms with Crippen LogP contribution >= 0.6 is 0 Å². The summed E-state index contributed by atoms with van der Waals surface area (Å²) in [5.74, 6) is 1.07. The Hall–Kier alpha value is -2.36. The molecule has 0 bridgehead atoms. The van der Waals surface area contributed by atoms with Gasteiger partial charge in [0.05, 0.1) is 11.3 Å². The van der Waals surface area contributed by atoms with Gasteiger partial charge in [0.1, 0.15) is 11.5 Å². The number of hydrazone groups is 1. The van der Waals surface area contributed by atoms with Crippen LogP contribution in [0.1, 0.15) is 40.8 Å². The van der Waals surface area contributed by atoms with E-state index in [1.54, 1.807) is 13.0 Å². The molecule has 0 spiro atoms. The molecule has 0 saturated heterocycles. The average Bonchev–Trinajstić information content (AvgIpc) is 2.79. The van der Waals surface area contributed by atoms with E-state index in [1.165, 1.54) is 0 Å². The van der Waals surface area contributed by atoms with Gasteiger partial charge in [-0.3, -0.25) is 4.79 Å². The van der Waals surface area contributed by atoms with E-state index in [0.29, 0.717) is 11.3 Å². The highest BCUT2D eigenvalue weighted by molar-refractivity contribution is 6.02. The molecule has 0 atom stereocenters. The summed E-state index contributed by atoms with van der Waals surface area (Å²) in [6.45, 7) is 5.59. The normalized spacial score (nSPS) is 11.4. The van der Waals surface area contributed by atoms with E-state index in [9.17, 15) is 4.79 Å². The number of furan rings is 1. The zero-order valence-corrected chi connectivity index (χ0v) is 11.9. The third-order valence-electron chi connectivity index (χ3n) is 3.02. The Labute approximate surface area is 118 Å². The summed E-state index contributed by atoms with van der Waals surface area (Å²) in [6, 6.07) is 11.5. The fourth-order valence-corrected chi connectivity index (χ4v) is 2.01. The second-order valence-electron chi connectivity index (χ2n) is 4.55. The number of rotatable bonds is 4. The highest BCUT2D eigenvalue weighted by Gasteiger charge is 2.13. The molecule has 104 valence electrons. The molecule has 1 amide bonds. The van der Waals surface area contributed by atoms with Crippen LogP contribution < -0.4 is 5.43 Å². The predicted octanol–water partition coefficient (Wildman–Crippen LogP) is 3.44. The fourth-order valence-electron chi connectivity index (χ4n) is 2.01. The van der Waals surface area contributed by atoms with E-state index in [2.05, 4.69) is 10.5 Å². The molecule has 1 heterocycles. The van der Waals surface area contributed by atoms with Crippen molar-refractivity contribution in [3.63, 3.8) is 0 Å². The summed E-state index contributed by atoms with van der Waals surface area (Å²) < 4.78 is 5.34. The molecule has 0 fully saturated rings. The molecule has 0 saturated carbocycles. The average molecular weight is 270 g/mol. The van der Waals surface area contributed by atoms with E-state index in [4.69, 9.17) is 4.42 Å². The quantitative estimate of drug-likeness (QED) is 0.683. The molecule has 1 aromatic heterocycles. The van der Waals surface area contributed by atoms with Crippen molar-refractivity contribution in [2.24, 2.45) is 5.10 Å². The van der Waals surface area contributed by atoms with Crippen LogP contribution in [-0.4, -0.2) is 11.6 Å². The maximum atomic E-state index is 12.1. The van der Waals surface area contributed by atoms with Crippen LogP contribution in [0.25, 0.3) is 0 Å². The zero-order chi connectivity index (χ0) is 14.5. The zero-order valence-electron chi connectivity index (χ0n) is 11.9. The SMILES string of the molecule is CCC(=NNC(=O)c1cc(C)oc1C)c1ccccc1. The summed E-state index contributed by atoms with van der Waals surface area (Å²) in [6.07, 6.45) is 0.744. The molecule has 2 aromatic rings. The van der Waals surface area contributed by atoms with Gasteiger partial charge in [-0.2, -0.15) is 5.10 Å². The van der Waals surface area contributed by atoms with E-state index in [1.807, 2.05) is 44.2 Å². The van der Waals surface area contributed by atoms with Gasteiger partial charge in [0.15, 0.2) is 0 Å². The molecule has 2 rings (SSSR count). The molecule has 0 aliphatic carbocycles. The Kier molecular flexibility index (Phi) is 4.35. The minimum absolute atomic E-state index is 0.249. The van der Waals surface area contributed by atoms with Crippen molar-refractivity contribution >= 4 is 11.6 Å². The maximum Gasteiger partial charge on any atom is 0.274 e. The highest BCUT2D eigenvalue weighted by Crippen LogP contribution is 2.13. The van der Waals surface area contributed by atoms with Crippen molar-refractivity contribution in [3.05, 3.63) is 59.0 Å². The first-order valence-electron chi connectivity index (χ1n) is 6.61. The van der Waals surface area contributed by atoms with Gasteiger partial charge in [-0.25, -0.2) is 5.43 Å². The number of hydrogen-bond donors (Lipinski definition) is 1. The number of aryl methyl sites for hydroxylation is 2. The number of amides is 1. The first-order chi connectivity index (χ1) is 9.61. The molecule has 0 aliphatic rings. The molecule has 4 nitrogen and oxygen atoms in total. The summed E-state index contributed by atoms with van der Waals surface area (Å²) >= 11 is 0. The van der Waals surface area contributed by atoms with Crippen LogP contribution in [0, 0.1) is 13.8 Å².